The van der Waals surface area contributed by atoms with Gasteiger partial charge in [0.05, 0.1) is 20.3 Å². The number of ether oxygens (including phenoxy) is 2. The average molecular weight is 406 g/mol. The van der Waals surface area contributed by atoms with Crippen molar-refractivity contribution in [2.24, 2.45) is 0 Å². The number of halogens is 1. The maximum atomic E-state index is 10.7. The van der Waals surface area contributed by atoms with E-state index in [4.69, 9.17) is 9.47 Å². The Balaban J connectivity index is 0.00000280. The third kappa shape index (κ3) is 5.19. The molecule has 0 aromatic heterocycles. The van der Waals surface area contributed by atoms with Gasteiger partial charge in [-0.3, -0.25) is 4.90 Å². The summed E-state index contributed by atoms with van der Waals surface area (Å²) in [7, 11) is 3.37. The first-order valence-electron chi connectivity index (χ1n) is 9.87. The number of fused-ring (bicyclic) bond motifs is 1. The molecule has 1 aliphatic rings. The van der Waals surface area contributed by atoms with Gasteiger partial charge in [0.1, 0.15) is 0 Å². The van der Waals surface area contributed by atoms with Crippen molar-refractivity contribution in [1.82, 2.24) is 4.90 Å². The van der Waals surface area contributed by atoms with E-state index >= 15 is 0 Å². The third-order valence-corrected chi connectivity index (χ3v) is 5.53. The number of nitrogens with zero attached hydrogens (tertiary/aromatic N) is 1. The van der Waals surface area contributed by atoms with Crippen molar-refractivity contribution >= 4 is 12.4 Å². The van der Waals surface area contributed by atoms with E-state index in [0.29, 0.717) is 12.6 Å². The smallest absolute Gasteiger partial charge is 0.161 e. The lowest BCUT2D eigenvalue weighted by molar-refractivity contribution is 0.0811. The van der Waals surface area contributed by atoms with Gasteiger partial charge in [-0.1, -0.05) is 37.3 Å². The lowest BCUT2D eigenvalue weighted by atomic mass is 9.86. The van der Waals surface area contributed by atoms with Crippen LogP contribution in [-0.2, 0) is 12.8 Å². The molecule has 0 heterocycles. The summed E-state index contributed by atoms with van der Waals surface area (Å²) in [6.45, 7) is 3.87. The van der Waals surface area contributed by atoms with Gasteiger partial charge in [0.2, 0.25) is 0 Å². The number of rotatable bonds is 8. The van der Waals surface area contributed by atoms with Crippen LogP contribution in [0.4, 0.5) is 0 Å². The molecule has 2 atom stereocenters. The molecule has 2 aromatic rings. The molecule has 1 N–H and O–H groups in total. The van der Waals surface area contributed by atoms with E-state index < -0.39 is 6.10 Å². The predicted octanol–water partition coefficient (Wildman–Crippen LogP) is 4.43. The average Bonchev–Trinajstić information content (AvgIpc) is 2.72. The molecule has 2 unspecified atom stereocenters. The second-order valence-electron chi connectivity index (χ2n) is 7.29. The minimum Gasteiger partial charge on any atom is -0.493 e. The van der Waals surface area contributed by atoms with Crippen molar-refractivity contribution in [3.63, 3.8) is 0 Å². The normalized spacial score (nSPS) is 16.8. The molecule has 0 fully saturated rings. The molecule has 0 saturated heterocycles. The Morgan fingerprint density at radius 1 is 1.07 bits per heavy atom. The summed E-state index contributed by atoms with van der Waals surface area (Å²) in [5.41, 5.74) is 3.67. The lowest BCUT2D eigenvalue weighted by Gasteiger charge is -2.36. The number of hydrogen-bond donors (Lipinski definition) is 1. The van der Waals surface area contributed by atoms with Gasteiger partial charge in [0.25, 0.3) is 0 Å². The van der Waals surface area contributed by atoms with E-state index in [1.54, 1.807) is 14.2 Å². The number of aliphatic hydroxyl groups excluding tert-OH is 1. The highest BCUT2D eigenvalue weighted by molar-refractivity contribution is 5.85. The number of hydrogen-bond acceptors (Lipinski definition) is 4. The summed E-state index contributed by atoms with van der Waals surface area (Å²) in [5, 5.41) is 10.7. The number of aliphatic hydroxyl groups is 1. The molecule has 1 aliphatic carbocycles. The van der Waals surface area contributed by atoms with Crippen LogP contribution in [0.5, 0.6) is 11.5 Å². The van der Waals surface area contributed by atoms with Gasteiger partial charge in [-0.15, -0.1) is 12.4 Å². The van der Waals surface area contributed by atoms with Crippen LogP contribution in [0.3, 0.4) is 0 Å². The van der Waals surface area contributed by atoms with E-state index in [0.717, 1.165) is 49.3 Å². The second kappa shape index (κ2) is 10.7. The van der Waals surface area contributed by atoms with Crippen LogP contribution in [0, 0.1) is 0 Å². The van der Waals surface area contributed by atoms with Crippen LogP contribution in [0.15, 0.2) is 42.5 Å². The van der Waals surface area contributed by atoms with Gasteiger partial charge >= 0.3 is 0 Å². The van der Waals surface area contributed by atoms with E-state index in [9.17, 15) is 5.11 Å². The maximum Gasteiger partial charge on any atom is 0.161 e. The SMILES string of the molecule is CCCN(CC(O)c1ccccc1)C1CCc2cc(OC)c(OC)cc2C1.Cl. The van der Waals surface area contributed by atoms with Gasteiger partial charge in [-0.05, 0) is 61.1 Å². The van der Waals surface area contributed by atoms with E-state index in [1.807, 2.05) is 30.3 Å². The fourth-order valence-corrected chi connectivity index (χ4v) is 4.09. The number of aryl methyl sites for hydroxylation is 1. The first-order valence-corrected chi connectivity index (χ1v) is 9.87. The second-order valence-corrected chi connectivity index (χ2v) is 7.29. The molecule has 0 bridgehead atoms. The molecule has 3 rings (SSSR count). The lowest BCUT2D eigenvalue weighted by Crippen LogP contribution is -2.42. The van der Waals surface area contributed by atoms with Crippen molar-refractivity contribution in [2.75, 3.05) is 27.3 Å². The first kappa shape index (κ1) is 22.5. The molecule has 0 amide bonds. The van der Waals surface area contributed by atoms with Crippen molar-refractivity contribution in [2.45, 2.75) is 44.8 Å². The quantitative estimate of drug-likeness (QED) is 0.705. The molecule has 154 valence electrons. The summed E-state index contributed by atoms with van der Waals surface area (Å²) in [6.07, 6.45) is 3.74. The standard InChI is InChI=1S/C23H31NO3.ClH/c1-4-12-24(16-21(25)17-8-6-5-7-9-17)20-11-10-18-14-22(26-2)23(27-3)15-19(18)13-20;/h5-9,14-15,20-21,25H,4,10-13,16H2,1-3H3;1H. The zero-order chi connectivity index (χ0) is 19.2. The highest BCUT2D eigenvalue weighted by Gasteiger charge is 2.27. The van der Waals surface area contributed by atoms with Crippen LogP contribution in [-0.4, -0.2) is 43.4 Å². The van der Waals surface area contributed by atoms with Crippen molar-refractivity contribution < 1.29 is 14.6 Å². The Morgan fingerprint density at radius 2 is 1.71 bits per heavy atom. The van der Waals surface area contributed by atoms with Gasteiger partial charge in [0, 0.05) is 12.6 Å². The molecule has 4 nitrogen and oxygen atoms in total. The third-order valence-electron chi connectivity index (χ3n) is 5.53. The zero-order valence-electron chi connectivity index (χ0n) is 17.1. The van der Waals surface area contributed by atoms with Gasteiger partial charge < -0.3 is 14.6 Å². The fraction of sp³-hybridized carbons (Fsp3) is 0.478. The van der Waals surface area contributed by atoms with Crippen molar-refractivity contribution in [1.29, 1.82) is 0 Å². The maximum absolute atomic E-state index is 10.7. The zero-order valence-corrected chi connectivity index (χ0v) is 17.9. The molecular formula is C23H32ClNO3. The van der Waals surface area contributed by atoms with Crippen LogP contribution in [0.2, 0.25) is 0 Å². The first-order chi connectivity index (χ1) is 13.2. The summed E-state index contributed by atoms with van der Waals surface area (Å²) in [5.74, 6) is 1.60. The largest absolute Gasteiger partial charge is 0.493 e. The molecule has 0 radical (unpaired) electrons. The minimum absolute atomic E-state index is 0. The van der Waals surface area contributed by atoms with Gasteiger partial charge in [0.15, 0.2) is 11.5 Å². The summed E-state index contributed by atoms with van der Waals surface area (Å²) in [6, 6.07) is 14.6. The van der Waals surface area contributed by atoms with Crippen LogP contribution in [0.1, 0.15) is 42.6 Å². The van der Waals surface area contributed by atoms with Crippen LogP contribution in [0.25, 0.3) is 0 Å². The van der Waals surface area contributed by atoms with E-state index in [2.05, 4.69) is 24.0 Å². The molecule has 0 saturated carbocycles. The predicted molar refractivity (Wildman–Crippen MR) is 116 cm³/mol. The van der Waals surface area contributed by atoms with E-state index in [1.165, 1.54) is 11.1 Å². The molecular weight excluding hydrogens is 374 g/mol. The fourth-order valence-electron chi connectivity index (χ4n) is 4.09. The van der Waals surface area contributed by atoms with Crippen LogP contribution >= 0.6 is 12.4 Å². The highest BCUT2D eigenvalue weighted by atomic mass is 35.5. The summed E-state index contributed by atoms with van der Waals surface area (Å²) < 4.78 is 10.9. The Hall–Kier alpha value is -1.75. The van der Waals surface area contributed by atoms with Gasteiger partial charge in [-0.25, -0.2) is 0 Å². The molecule has 0 spiro atoms. The van der Waals surface area contributed by atoms with Crippen LogP contribution < -0.4 is 9.47 Å². The Morgan fingerprint density at radius 3 is 2.32 bits per heavy atom. The molecule has 28 heavy (non-hydrogen) atoms. The topological polar surface area (TPSA) is 41.9 Å². The summed E-state index contributed by atoms with van der Waals surface area (Å²) >= 11 is 0. The van der Waals surface area contributed by atoms with E-state index in [-0.39, 0.29) is 12.4 Å². The monoisotopic (exact) mass is 405 g/mol. The Labute approximate surface area is 174 Å². The van der Waals surface area contributed by atoms with Crippen molar-refractivity contribution in [3.05, 3.63) is 59.2 Å². The molecule has 5 heteroatoms. The highest BCUT2D eigenvalue weighted by Crippen LogP contribution is 2.35. The molecule has 0 aliphatic heterocycles. The molecule has 2 aromatic carbocycles. The Kier molecular flexibility index (Phi) is 8.61. The van der Waals surface area contributed by atoms with Crippen molar-refractivity contribution in [3.8, 4) is 11.5 Å². The number of methoxy groups -OCH3 is 2. The summed E-state index contributed by atoms with van der Waals surface area (Å²) in [4.78, 5) is 2.46. The van der Waals surface area contributed by atoms with Gasteiger partial charge in [-0.2, -0.15) is 0 Å². The minimum atomic E-state index is -0.454. The Bertz CT molecular complexity index is 738. The number of benzene rings is 2.